The Bertz CT molecular complexity index is 298. The zero-order valence-corrected chi connectivity index (χ0v) is 8.34. The normalized spacial score (nSPS) is 10.2. The fraction of sp³-hybridized carbons (Fsp3) is 0.250. The SMILES string of the molecule is CC(=O)Oc1ccc(C(Cl)Cl)cn1. The predicted molar refractivity (Wildman–Crippen MR) is 50.0 cm³/mol. The molecule has 0 bridgehead atoms. The van der Waals surface area contributed by atoms with Gasteiger partial charge in [0.05, 0.1) is 0 Å². The van der Waals surface area contributed by atoms with E-state index in [1.807, 2.05) is 0 Å². The summed E-state index contributed by atoms with van der Waals surface area (Å²) in [4.78, 5) is 13.7. The van der Waals surface area contributed by atoms with Gasteiger partial charge in [-0.1, -0.05) is 0 Å². The van der Waals surface area contributed by atoms with Gasteiger partial charge in [-0.2, -0.15) is 0 Å². The van der Waals surface area contributed by atoms with Crippen LogP contribution in [0.4, 0.5) is 0 Å². The lowest BCUT2D eigenvalue weighted by Gasteiger charge is -2.02. The van der Waals surface area contributed by atoms with E-state index in [-0.39, 0.29) is 5.88 Å². The molecule has 70 valence electrons. The number of ether oxygens (including phenoxy) is 1. The van der Waals surface area contributed by atoms with Crippen molar-refractivity contribution in [3.8, 4) is 5.88 Å². The van der Waals surface area contributed by atoms with Gasteiger partial charge in [0, 0.05) is 24.8 Å². The van der Waals surface area contributed by atoms with E-state index in [2.05, 4.69) is 4.98 Å². The second-order valence-electron chi connectivity index (χ2n) is 2.32. The van der Waals surface area contributed by atoms with Gasteiger partial charge in [0.2, 0.25) is 5.88 Å². The largest absolute Gasteiger partial charge is 0.408 e. The van der Waals surface area contributed by atoms with Crippen LogP contribution in [0, 0.1) is 0 Å². The molecule has 0 N–H and O–H groups in total. The lowest BCUT2D eigenvalue weighted by Crippen LogP contribution is -2.02. The Labute approximate surface area is 85.6 Å². The number of alkyl halides is 2. The molecule has 13 heavy (non-hydrogen) atoms. The number of nitrogens with zero attached hydrogens (tertiary/aromatic N) is 1. The molecule has 1 heterocycles. The van der Waals surface area contributed by atoms with Gasteiger partial charge in [0.25, 0.3) is 0 Å². The van der Waals surface area contributed by atoms with Crippen molar-refractivity contribution in [3.05, 3.63) is 23.9 Å². The van der Waals surface area contributed by atoms with Crippen LogP contribution in [0.5, 0.6) is 5.88 Å². The van der Waals surface area contributed by atoms with Gasteiger partial charge in [0.1, 0.15) is 4.84 Å². The summed E-state index contributed by atoms with van der Waals surface area (Å²) in [5, 5.41) is 0. The van der Waals surface area contributed by atoms with E-state index in [1.165, 1.54) is 19.2 Å². The Kier molecular flexibility index (Phi) is 3.51. The summed E-state index contributed by atoms with van der Waals surface area (Å²) >= 11 is 11.2. The summed E-state index contributed by atoms with van der Waals surface area (Å²) in [7, 11) is 0. The number of carbonyl (C=O) groups excluding carboxylic acids is 1. The fourth-order valence-corrected chi connectivity index (χ4v) is 0.987. The monoisotopic (exact) mass is 219 g/mol. The van der Waals surface area contributed by atoms with Gasteiger partial charge < -0.3 is 4.74 Å². The molecule has 0 fully saturated rings. The van der Waals surface area contributed by atoms with Crippen LogP contribution in [0.2, 0.25) is 0 Å². The van der Waals surface area contributed by atoms with Crippen molar-refractivity contribution in [3.63, 3.8) is 0 Å². The first kappa shape index (κ1) is 10.3. The van der Waals surface area contributed by atoms with Gasteiger partial charge in [-0.15, -0.1) is 23.2 Å². The summed E-state index contributed by atoms with van der Waals surface area (Å²) in [6.45, 7) is 1.31. The zero-order chi connectivity index (χ0) is 9.84. The van der Waals surface area contributed by atoms with Crippen molar-refractivity contribution >= 4 is 29.2 Å². The number of hydrogen-bond donors (Lipinski definition) is 0. The van der Waals surface area contributed by atoms with Crippen molar-refractivity contribution in [2.24, 2.45) is 0 Å². The maximum atomic E-state index is 10.5. The average Bonchev–Trinajstić information content (AvgIpc) is 2.04. The Morgan fingerprint density at radius 2 is 2.23 bits per heavy atom. The number of halogens is 2. The highest BCUT2D eigenvalue weighted by molar-refractivity contribution is 6.44. The highest BCUT2D eigenvalue weighted by atomic mass is 35.5. The van der Waals surface area contributed by atoms with E-state index < -0.39 is 10.8 Å². The average molecular weight is 220 g/mol. The number of aromatic nitrogens is 1. The molecule has 0 spiro atoms. The van der Waals surface area contributed by atoms with Gasteiger partial charge in [-0.25, -0.2) is 4.98 Å². The third kappa shape index (κ3) is 3.20. The highest BCUT2D eigenvalue weighted by Crippen LogP contribution is 2.24. The molecular formula is C8H7Cl2NO2. The molecule has 1 rings (SSSR count). The molecule has 3 nitrogen and oxygen atoms in total. The number of hydrogen-bond acceptors (Lipinski definition) is 3. The molecule has 1 aromatic rings. The van der Waals surface area contributed by atoms with Gasteiger partial charge in [-0.3, -0.25) is 4.79 Å². The number of rotatable bonds is 2. The minimum Gasteiger partial charge on any atom is -0.408 e. The van der Waals surface area contributed by atoms with Crippen molar-refractivity contribution in [1.82, 2.24) is 4.98 Å². The van der Waals surface area contributed by atoms with E-state index in [9.17, 15) is 4.79 Å². The maximum absolute atomic E-state index is 10.5. The standard InChI is InChI=1S/C8H7Cl2NO2/c1-5(12)13-7-3-2-6(4-11-7)8(9)10/h2-4,8H,1H3. The molecule has 0 saturated heterocycles. The van der Waals surface area contributed by atoms with E-state index in [4.69, 9.17) is 27.9 Å². The quantitative estimate of drug-likeness (QED) is 0.567. The number of carbonyl (C=O) groups is 1. The first-order chi connectivity index (χ1) is 6.09. The van der Waals surface area contributed by atoms with Crippen LogP contribution < -0.4 is 4.74 Å². The van der Waals surface area contributed by atoms with Crippen LogP contribution >= 0.6 is 23.2 Å². The summed E-state index contributed by atoms with van der Waals surface area (Å²) in [6.07, 6.45) is 1.46. The molecule has 1 aromatic heterocycles. The summed E-state index contributed by atoms with van der Waals surface area (Å²) < 4.78 is 4.71. The lowest BCUT2D eigenvalue weighted by molar-refractivity contribution is -0.132. The van der Waals surface area contributed by atoms with Crippen LogP contribution in [-0.4, -0.2) is 11.0 Å². The molecule has 0 atom stereocenters. The van der Waals surface area contributed by atoms with E-state index in [0.717, 1.165) is 0 Å². The molecule has 0 aromatic carbocycles. The second kappa shape index (κ2) is 4.44. The minimum atomic E-state index is -0.612. The Hall–Kier alpha value is -0.800. The molecule has 0 unspecified atom stereocenters. The van der Waals surface area contributed by atoms with Crippen LogP contribution in [0.3, 0.4) is 0 Å². The smallest absolute Gasteiger partial charge is 0.309 e. The third-order valence-corrected chi connectivity index (χ3v) is 1.76. The molecule has 0 amide bonds. The van der Waals surface area contributed by atoms with Crippen LogP contribution in [0.25, 0.3) is 0 Å². The molecular weight excluding hydrogens is 213 g/mol. The Morgan fingerprint density at radius 3 is 2.62 bits per heavy atom. The Morgan fingerprint density at radius 1 is 1.54 bits per heavy atom. The van der Waals surface area contributed by atoms with Crippen LogP contribution in [0.15, 0.2) is 18.3 Å². The Balaban J connectivity index is 2.75. The summed E-state index contributed by atoms with van der Waals surface area (Å²) in [5.74, 6) is -0.168. The third-order valence-electron chi connectivity index (χ3n) is 1.26. The highest BCUT2D eigenvalue weighted by Gasteiger charge is 2.04. The predicted octanol–water partition coefficient (Wildman–Crippen LogP) is 2.48. The maximum Gasteiger partial charge on any atom is 0.309 e. The zero-order valence-electron chi connectivity index (χ0n) is 6.83. The minimum absolute atomic E-state index is 0.241. The summed E-state index contributed by atoms with van der Waals surface area (Å²) in [5.41, 5.74) is 0.666. The molecule has 0 saturated carbocycles. The summed E-state index contributed by atoms with van der Waals surface area (Å²) in [6, 6.07) is 3.18. The van der Waals surface area contributed by atoms with Crippen LogP contribution in [-0.2, 0) is 4.79 Å². The topological polar surface area (TPSA) is 39.2 Å². The first-order valence-electron chi connectivity index (χ1n) is 3.52. The van der Waals surface area contributed by atoms with Gasteiger partial charge in [-0.05, 0) is 6.07 Å². The van der Waals surface area contributed by atoms with Crippen LogP contribution in [0.1, 0.15) is 17.3 Å². The van der Waals surface area contributed by atoms with E-state index in [0.29, 0.717) is 5.56 Å². The number of esters is 1. The number of pyridine rings is 1. The molecule has 0 aliphatic carbocycles. The van der Waals surface area contributed by atoms with Crippen molar-refractivity contribution in [1.29, 1.82) is 0 Å². The van der Waals surface area contributed by atoms with Gasteiger partial charge >= 0.3 is 5.97 Å². The lowest BCUT2D eigenvalue weighted by atomic mass is 10.3. The fourth-order valence-electron chi connectivity index (χ4n) is 0.728. The first-order valence-corrected chi connectivity index (χ1v) is 4.39. The van der Waals surface area contributed by atoms with E-state index >= 15 is 0 Å². The van der Waals surface area contributed by atoms with Crippen molar-refractivity contribution in [2.45, 2.75) is 11.8 Å². The van der Waals surface area contributed by atoms with E-state index in [1.54, 1.807) is 6.07 Å². The molecule has 0 aliphatic heterocycles. The molecule has 0 radical (unpaired) electrons. The van der Waals surface area contributed by atoms with Gasteiger partial charge in [0.15, 0.2) is 0 Å². The van der Waals surface area contributed by atoms with Crippen molar-refractivity contribution < 1.29 is 9.53 Å². The molecule has 0 aliphatic rings. The van der Waals surface area contributed by atoms with Crippen molar-refractivity contribution in [2.75, 3.05) is 0 Å². The molecule has 5 heteroatoms. The second-order valence-corrected chi connectivity index (χ2v) is 3.42.